The summed E-state index contributed by atoms with van der Waals surface area (Å²) in [6.07, 6.45) is 4.79. The predicted octanol–water partition coefficient (Wildman–Crippen LogP) is 1.36. The second-order valence-electron chi connectivity index (χ2n) is 5.06. The van der Waals surface area contributed by atoms with E-state index in [2.05, 4.69) is 35.3 Å². The van der Waals surface area contributed by atoms with Crippen molar-refractivity contribution in [1.29, 1.82) is 0 Å². The van der Waals surface area contributed by atoms with Gasteiger partial charge in [0.1, 0.15) is 0 Å². The Bertz CT molecular complexity index is 182. The first-order valence-corrected chi connectivity index (χ1v) is 8.25. The van der Waals surface area contributed by atoms with Crippen LogP contribution in [0.15, 0.2) is 0 Å². The monoisotopic (exact) mass is 259 g/mol. The molecule has 1 rings (SSSR count). The molecule has 0 aromatic rings. The van der Waals surface area contributed by atoms with Gasteiger partial charge in [-0.3, -0.25) is 0 Å². The Morgan fingerprint density at radius 2 is 2.18 bits per heavy atom. The zero-order valence-electron chi connectivity index (χ0n) is 11.7. The fraction of sp³-hybridized carbons (Fsp3) is 1.00. The van der Waals surface area contributed by atoms with Crippen molar-refractivity contribution in [2.45, 2.75) is 25.8 Å². The van der Waals surface area contributed by atoms with Gasteiger partial charge in [0, 0.05) is 32.2 Å². The van der Waals surface area contributed by atoms with Crippen LogP contribution in [0.1, 0.15) is 19.8 Å². The summed E-state index contributed by atoms with van der Waals surface area (Å²) in [5, 5.41) is 3.46. The molecule has 1 aliphatic heterocycles. The van der Waals surface area contributed by atoms with Gasteiger partial charge in [0.25, 0.3) is 0 Å². The molecule has 0 bridgehead atoms. The number of thioether (sulfide) groups is 1. The van der Waals surface area contributed by atoms with E-state index in [1.807, 2.05) is 11.8 Å². The number of rotatable bonds is 7. The second-order valence-corrected chi connectivity index (χ2v) is 6.04. The van der Waals surface area contributed by atoms with Crippen molar-refractivity contribution < 1.29 is 0 Å². The molecule has 1 aliphatic rings. The molecule has 0 aromatic carbocycles. The lowest BCUT2D eigenvalue weighted by Crippen LogP contribution is -2.39. The molecular formula is C13H29N3S. The van der Waals surface area contributed by atoms with Gasteiger partial charge in [-0.05, 0) is 51.9 Å². The smallest absolute Gasteiger partial charge is 0.0110 e. The van der Waals surface area contributed by atoms with Crippen molar-refractivity contribution in [2.75, 3.05) is 58.3 Å². The minimum atomic E-state index is 0.715. The molecule has 17 heavy (non-hydrogen) atoms. The third-order valence-electron chi connectivity index (χ3n) is 3.69. The van der Waals surface area contributed by atoms with Crippen molar-refractivity contribution in [3.05, 3.63) is 0 Å². The molecule has 3 nitrogen and oxygen atoms in total. The maximum Gasteiger partial charge on any atom is 0.0110 e. The topological polar surface area (TPSA) is 18.5 Å². The third kappa shape index (κ3) is 6.65. The normalized spacial score (nSPS) is 20.5. The number of likely N-dealkylation sites (N-methyl/N-ethyl adjacent to an activating group) is 1. The molecule has 1 unspecified atom stereocenters. The van der Waals surface area contributed by atoms with Crippen LogP contribution >= 0.6 is 11.8 Å². The molecule has 1 heterocycles. The Labute approximate surface area is 111 Å². The van der Waals surface area contributed by atoms with Gasteiger partial charge in [0.15, 0.2) is 0 Å². The van der Waals surface area contributed by atoms with Gasteiger partial charge in [0.05, 0.1) is 0 Å². The molecule has 0 spiro atoms. The molecule has 0 saturated carbocycles. The van der Waals surface area contributed by atoms with E-state index in [0.29, 0.717) is 6.04 Å². The van der Waals surface area contributed by atoms with Crippen LogP contribution in [0.2, 0.25) is 0 Å². The molecule has 1 atom stereocenters. The van der Waals surface area contributed by atoms with Gasteiger partial charge in [-0.25, -0.2) is 0 Å². The summed E-state index contributed by atoms with van der Waals surface area (Å²) < 4.78 is 0. The van der Waals surface area contributed by atoms with E-state index in [1.165, 1.54) is 51.3 Å². The second kappa shape index (κ2) is 9.20. The highest BCUT2D eigenvalue weighted by Gasteiger charge is 2.12. The summed E-state index contributed by atoms with van der Waals surface area (Å²) in [6.45, 7) is 9.60. The van der Waals surface area contributed by atoms with Gasteiger partial charge in [0.2, 0.25) is 0 Å². The lowest BCUT2D eigenvalue weighted by Gasteiger charge is -2.28. The van der Waals surface area contributed by atoms with E-state index in [9.17, 15) is 0 Å². The summed E-state index contributed by atoms with van der Waals surface area (Å²) in [4.78, 5) is 5.10. The number of nitrogens with one attached hydrogen (secondary N) is 1. The Morgan fingerprint density at radius 1 is 1.35 bits per heavy atom. The lowest BCUT2D eigenvalue weighted by molar-refractivity contribution is 0.199. The fourth-order valence-electron chi connectivity index (χ4n) is 2.15. The average Bonchev–Trinajstić information content (AvgIpc) is 2.61. The maximum atomic E-state index is 3.46. The first kappa shape index (κ1) is 15.3. The first-order valence-electron chi connectivity index (χ1n) is 6.86. The van der Waals surface area contributed by atoms with Crippen LogP contribution in [0.25, 0.3) is 0 Å². The predicted molar refractivity (Wildman–Crippen MR) is 79.0 cm³/mol. The van der Waals surface area contributed by atoms with Crippen molar-refractivity contribution in [1.82, 2.24) is 15.1 Å². The third-order valence-corrected chi connectivity index (χ3v) is 4.34. The van der Waals surface area contributed by atoms with Crippen LogP contribution < -0.4 is 5.32 Å². The number of nitrogens with zero attached hydrogens (tertiary/aromatic N) is 2. The largest absolute Gasteiger partial charge is 0.315 e. The molecule has 1 saturated heterocycles. The Hall–Kier alpha value is 0.230. The van der Waals surface area contributed by atoms with Crippen LogP contribution in [-0.4, -0.2) is 74.2 Å². The van der Waals surface area contributed by atoms with E-state index in [0.717, 1.165) is 6.54 Å². The molecule has 102 valence electrons. The highest BCUT2D eigenvalue weighted by Crippen LogP contribution is 2.06. The van der Waals surface area contributed by atoms with E-state index in [4.69, 9.17) is 0 Å². The van der Waals surface area contributed by atoms with Gasteiger partial charge in [-0.2, -0.15) is 11.8 Å². The Kier molecular flexibility index (Phi) is 8.27. The summed E-state index contributed by atoms with van der Waals surface area (Å²) in [6, 6.07) is 0.715. The summed E-state index contributed by atoms with van der Waals surface area (Å²) >= 11 is 1.95. The maximum absolute atomic E-state index is 3.46. The average molecular weight is 259 g/mol. The van der Waals surface area contributed by atoms with E-state index < -0.39 is 0 Å². The van der Waals surface area contributed by atoms with Crippen molar-refractivity contribution in [3.63, 3.8) is 0 Å². The molecule has 0 aliphatic carbocycles. The number of hydrogen-bond donors (Lipinski definition) is 1. The van der Waals surface area contributed by atoms with Crippen molar-refractivity contribution in [2.24, 2.45) is 0 Å². The van der Waals surface area contributed by atoms with Crippen LogP contribution in [0, 0.1) is 0 Å². The molecule has 0 aromatic heterocycles. The van der Waals surface area contributed by atoms with Crippen LogP contribution in [-0.2, 0) is 0 Å². The zero-order valence-corrected chi connectivity index (χ0v) is 12.6. The fourth-order valence-corrected chi connectivity index (χ4v) is 2.73. The number of hydrogen-bond acceptors (Lipinski definition) is 4. The van der Waals surface area contributed by atoms with Crippen molar-refractivity contribution >= 4 is 11.8 Å². The molecule has 0 radical (unpaired) electrons. The van der Waals surface area contributed by atoms with E-state index >= 15 is 0 Å². The summed E-state index contributed by atoms with van der Waals surface area (Å²) in [5.74, 6) is 1.28. The minimum Gasteiger partial charge on any atom is -0.315 e. The van der Waals surface area contributed by atoms with Crippen molar-refractivity contribution in [3.8, 4) is 0 Å². The van der Waals surface area contributed by atoms with E-state index in [1.54, 1.807) is 0 Å². The van der Waals surface area contributed by atoms with Crippen LogP contribution in [0.3, 0.4) is 0 Å². The van der Waals surface area contributed by atoms with Gasteiger partial charge in [-0.15, -0.1) is 0 Å². The van der Waals surface area contributed by atoms with Crippen LogP contribution in [0.5, 0.6) is 0 Å². The summed E-state index contributed by atoms with van der Waals surface area (Å²) in [7, 11) is 2.26. The Morgan fingerprint density at radius 3 is 2.94 bits per heavy atom. The highest BCUT2D eigenvalue weighted by molar-refractivity contribution is 7.98. The molecular weight excluding hydrogens is 230 g/mol. The summed E-state index contributed by atoms with van der Waals surface area (Å²) in [5.41, 5.74) is 0. The quantitative estimate of drug-likeness (QED) is 0.744. The first-order chi connectivity index (χ1) is 8.24. The SMILES string of the molecule is CSCCC(C)N(C)CCN1CCCNCC1. The van der Waals surface area contributed by atoms with Gasteiger partial charge < -0.3 is 15.1 Å². The Balaban J connectivity index is 2.14. The highest BCUT2D eigenvalue weighted by atomic mass is 32.2. The minimum absolute atomic E-state index is 0.715. The van der Waals surface area contributed by atoms with Gasteiger partial charge >= 0.3 is 0 Å². The molecule has 1 N–H and O–H groups in total. The zero-order chi connectivity index (χ0) is 12.5. The standard InChI is InChI=1S/C13H29N3S/c1-13(5-12-17-3)15(2)10-11-16-8-4-6-14-7-9-16/h13-14H,4-12H2,1-3H3. The molecule has 1 fully saturated rings. The van der Waals surface area contributed by atoms with Gasteiger partial charge in [-0.1, -0.05) is 0 Å². The molecule has 4 heteroatoms. The lowest BCUT2D eigenvalue weighted by atomic mass is 10.2. The van der Waals surface area contributed by atoms with Crippen LogP contribution in [0.4, 0.5) is 0 Å². The molecule has 0 amide bonds. The van der Waals surface area contributed by atoms with E-state index in [-0.39, 0.29) is 0 Å².